The van der Waals surface area contributed by atoms with Gasteiger partial charge in [0.2, 0.25) is 10.0 Å². The van der Waals surface area contributed by atoms with Crippen LogP contribution >= 0.6 is 0 Å². The van der Waals surface area contributed by atoms with Crippen LogP contribution in [0.2, 0.25) is 0 Å². The van der Waals surface area contributed by atoms with Crippen LogP contribution in [-0.4, -0.2) is 46.5 Å². The van der Waals surface area contributed by atoms with Crippen LogP contribution in [0.3, 0.4) is 0 Å². The summed E-state index contributed by atoms with van der Waals surface area (Å²) in [6, 6.07) is 1.58. The van der Waals surface area contributed by atoms with Crippen molar-refractivity contribution in [1.29, 1.82) is 0 Å². The first-order valence-electron chi connectivity index (χ1n) is 6.43. The van der Waals surface area contributed by atoms with Gasteiger partial charge in [0.15, 0.2) is 0 Å². The molecule has 0 spiro atoms. The topological polar surface area (TPSA) is 95.6 Å². The van der Waals surface area contributed by atoms with Crippen LogP contribution in [0.4, 0.5) is 0 Å². The summed E-state index contributed by atoms with van der Waals surface area (Å²) < 4.78 is 38.4. The highest BCUT2D eigenvalue weighted by molar-refractivity contribution is 7.89. The first kappa shape index (κ1) is 17.1. The van der Waals surface area contributed by atoms with E-state index in [1.807, 2.05) is 0 Å². The zero-order chi connectivity index (χ0) is 15.0. The third-order valence-corrected chi connectivity index (χ3v) is 4.22. The van der Waals surface area contributed by atoms with E-state index in [4.69, 9.17) is 15.2 Å². The zero-order valence-electron chi connectivity index (χ0n) is 12.0. The SMILES string of the molecule is COCCOCCCNS(=O)(=O)c1cc(CN)n(C)c1. The minimum atomic E-state index is -3.48. The van der Waals surface area contributed by atoms with Crippen LogP contribution < -0.4 is 10.5 Å². The van der Waals surface area contributed by atoms with Gasteiger partial charge < -0.3 is 19.8 Å². The van der Waals surface area contributed by atoms with Crippen molar-refractivity contribution in [3.8, 4) is 0 Å². The summed E-state index contributed by atoms with van der Waals surface area (Å²) >= 11 is 0. The normalized spacial score (nSPS) is 11.9. The predicted octanol–water partition coefficient (Wildman–Crippen LogP) is -0.185. The van der Waals surface area contributed by atoms with Gasteiger partial charge in [-0.15, -0.1) is 0 Å². The Labute approximate surface area is 120 Å². The molecule has 1 heterocycles. The molecule has 0 aliphatic heterocycles. The second-order valence-corrected chi connectivity index (χ2v) is 6.11. The maximum atomic E-state index is 12.0. The van der Waals surface area contributed by atoms with Crippen molar-refractivity contribution in [2.45, 2.75) is 17.9 Å². The molecule has 8 heteroatoms. The molecule has 20 heavy (non-hydrogen) atoms. The monoisotopic (exact) mass is 305 g/mol. The van der Waals surface area contributed by atoms with E-state index in [1.165, 1.54) is 0 Å². The molecule has 3 N–H and O–H groups in total. The average molecular weight is 305 g/mol. The molecule has 1 rings (SSSR count). The molecule has 0 atom stereocenters. The number of aryl methyl sites for hydroxylation is 1. The summed E-state index contributed by atoms with van der Waals surface area (Å²) in [6.07, 6.45) is 2.17. The molecular weight excluding hydrogens is 282 g/mol. The van der Waals surface area contributed by atoms with Crippen LogP contribution in [0, 0.1) is 0 Å². The Hall–Kier alpha value is -0.930. The minimum Gasteiger partial charge on any atom is -0.382 e. The number of sulfonamides is 1. The predicted molar refractivity (Wildman–Crippen MR) is 75.8 cm³/mol. The van der Waals surface area contributed by atoms with Crippen molar-refractivity contribution in [2.24, 2.45) is 12.8 Å². The number of rotatable bonds is 10. The minimum absolute atomic E-state index is 0.237. The van der Waals surface area contributed by atoms with E-state index in [1.54, 1.807) is 31.0 Å². The Morgan fingerprint density at radius 1 is 1.35 bits per heavy atom. The molecule has 1 aromatic rings. The van der Waals surface area contributed by atoms with Crippen molar-refractivity contribution >= 4 is 10.0 Å². The van der Waals surface area contributed by atoms with Gasteiger partial charge in [-0.25, -0.2) is 13.1 Å². The van der Waals surface area contributed by atoms with Gasteiger partial charge in [-0.3, -0.25) is 0 Å². The Kier molecular flexibility index (Phi) is 7.17. The number of nitrogens with one attached hydrogen (secondary N) is 1. The molecule has 0 saturated carbocycles. The third-order valence-electron chi connectivity index (χ3n) is 2.79. The van der Waals surface area contributed by atoms with Gasteiger partial charge in [0, 0.05) is 45.7 Å². The fourth-order valence-corrected chi connectivity index (χ4v) is 2.80. The second kappa shape index (κ2) is 8.38. The summed E-state index contributed by atoms with van der Waals surface area (Å²) in [5.74, 6) is 0. The molecule has 0 bridgehead atoms. The van der Waals surface area contributed by atoms with Gasteiger partial charge in [0.1, 0.15) is 0 Å². The van der Waals surface area contributed by atoms with Crippen molar-refractivity contribution in [2.75, 3.05) is 33.5 Å². The van der Waals surface area contributed by atoms with Crippen molar-refractivity contribution in [3.63, 3.8) is 0 Å². The Morgan fingerprint density at radius 3 is 2.70 bits per heavy atom. The molecule has 116 valence electrons. The first-order valence-corrected chi connectivity index (χ1v) is 7.91. The summed E-state index contributed by atoms with van der Waals surface area (Å²) in [5, 5.41) is 0. The lowest BCUT2D eigenvalue weighted by molar-refractivity contribution is 0.0699. The van der Waals surface area contributed by atoms with Gasteiger partial charge >= 0.3 is 0 Å². The molecule has 0 radical (unpaired) electrons. The highest BCUT2D eigenvalue weighted by Crippen LogP contribution is 2.12. The number of hydrogen-bond donors (Lipinski definition) is 2. The highest BCUT2D eigenvalue weighted by atomic mass is 32.2. The largest absolute Gasteiger partial charge is 0.382 e. The number of ether oxygens (including phenoxy) is 2. The number of nitrogens with two attached hydrogens (primary N) is 1. The molecule has 0 saturated heterocycles. The van der Waals surface area contributed by atoms with Crippen molar-refractivity contribution in [1.82, 2.24) is 9.29 Å². The van der Waals surface area contributed by atoms with E-state index in [0.29, 0.717) is 39.3 Å². The lowest BCUT2D eigenvalue weighted by atomic mass is 10.4. The molecule has 0 unspecified atom stereocenters. The van der Waals surface area contributed by atoms with Crippen LogP contribution in [0.5, 0.6) is 0 Å². The Morgan fingerprint density at radius 2 is 2.10 bits per heavy atom. The molecule has 1 aromatic heterocycles. The first-order chi connectivity index (χ1) is 9.51. The summed E-state index contributed by atoms with van der Waals surface area (Å²) in [7, 11) is -0.103. The standard InChI is InChI=1S/C12H23N3O4S/c1-15-10-12(8-11(15)9-13)20(16,17)14-4-3-5-19-7-6-18-2/h8,10,14H,3-7,9,13H2,1-2H3. The summed E-state index contributed by atoms with van der Waals surface area (Å²) in [4.78, 5) is 0.237. The van der Waals surface area contributed by atoms with E-state index in [0.717, 1.165) is 5.69 Å². The maximum Gasteiger partial charge on any atom is 0.242 e. The van der Waals surface area contributed by atoms with Gasteiger partial charge in [-0.2, -0.15) is 0 Å². The number of aromatic nitrogens is 1. The zero-order valence-corrected chi connectivity index (χ0v) is 12.8. The Balaban J connectivity index is 2.38. The summed E-state index contributed by atoms with van der Waals surface area (Å²) in [6.45, 7) is 2.19. The molecule has 7 nitrogen and oxygen atoms in total. The van der Waals surface area contributed by atoms with Crippen LogP contribution in [0.25, 0.3) is 0 Å². The molecule has 0 aromatic carbocycles. The Bertz CT molecular complexity index is 499. The fourth-order valence-electron chi connectivity index (χ4n) is 1.64. The lowest BCUT2D eigenvalue weighted by Gasteiger charge is -2.05. The molecular formula is C12H23N3O4S. The van der Waals surface area contributed by atoms with Gasteiger partial charge in [0.05, 0.1) is 18.1 Å². The highest BCUT2D eigenvalue weighted by Gasteiger charge is 2.16. The summed E-state index contributed by atoms with van der Waals surface area (Å²) in [5.41, 5.74) is 6.30. The quantitative estimate of drug-likeness (QED) is 0.584. The smallest absolute Gasteiger partial charge is 0.242 e. The van der Waals surface area contributed by atoms with E-state index in [2.05, 4.69) is 4.72 Å². The fraction of sp³-hybridized carbons (Fsp3) is 0.667. The van der Waals surface area contributed by atoms with Gasteiger partial charge in [-0.05, 0) is 12.5 Å². The number of methoxy groups -OCH3 is 1. The van der Waals surface area contributed by atoms with Crippen LogP contribution in [0.15, 0.2) is 17.2 Å². The van der Waals surface area contributed by atoms with E-state index in [9.17, 15) is 8.42 Å². The van der Waals surface area contributed by atoms with E-state index >= 15 is 0 Å². The maximum absolute atomic E-state index is 12.0. The molecule has 0 fully saturated rings. The lowest BCUT2D eigenvalue weighted by Crippen LogP contribution is -2.25. The average Bonchev–Trinajstić information content (AvgIpc) is 2.80. The van der Waals surface area contributed by atoms with Crippen molar-refractivity contribution < 1.29 is 17.9 Å². The van der Waals surface area contributed by atoms with Crippen LogP contribution in [0.1, 0.15) is 12.1 Å². The van der Waals surface area contributed by atoms with Crippen molar-refractivity contribution in [3.05, 3.63) is 18.0 Å². The number of nitrogens with zero attached hydrogens (tertiary/aromatic N) is 1. The van der Waals surface area contributed by atoms with E-state index < -0.39 is 10.0 Å². The van der Waals surface area contributed by atoms with Gasteiger partial charge in [-0.1, -0.05) is 0 Å². The molecule has 0 aliphatic carbocycles. The van der Waals surface area contributed by atoms with Gasteiger partial charge in [0.25, 0.3) is 0 Å². The second-order valence-electron chi connectivity index (χ2n) is 4.34. The number of hydrogen-bond acceptors (Lipinski definition) is 5. The molecule has 0 amide bonds. The van der Waals surface area contributed by atoms with E-state index in [-0.39, 0.29) is 4.90 Å². The third kappa shape index (κ3) is 5.22. The van der Waals surface area contributed by atoms with Crippen LogP contribution in [-0.2, 0) is 33.1 Å². The molecule has 0 aliphatic rings.